The van der Waals surface area contributed by atoms with Crippen molar-refractivity contribution in [3.8, 4) is 0 Å². The molecule has 1 aliphatic rings. The molecule has 3 heteroatoms. The molecule has 0 amide bonds. The average molecular weight is 234 g/mol. The van der Waals surface area contributed by atoms with Crippen molar-refractivity contribution in [1.82, 2.24) is 0 Å². The molecule has 1 aromatic rings. The van der Waals surface area contributed by atoms with E-state index in [9.17, 15) is 4.79 Å². The quantitative estimate of drug-likeness (QED) is 0.873. The van der Waals surface area contributed by atoms with Gasteiger partial charge >= 0.3 is 5.97 Å². The molecular formula is C14H18O3. The number of aromatic carboxylic acids is 1. The van der Waals surface area contributed by atoms with Gasteiger partial charge in [-0.1, -0.05) is 31.4 Å². The molecular weight excluding hydrogens is 216 g/mol. The minimum Gasteiger partial charge on any atom is -0.478 e. The van der Waals surface area contributed by atoms with Crippen LogP contribution < -0.4 is 0 Å². The van der Waals surface area contributed by atoms with E-state index in [0.29, 0.717) is 5.56 Å². The summed E-state index contributed by atoms with van der Waals surface area (Å²) in [5.41, 5.74) is 1.06. The topological polar surface area (TPSA) is 46.5 Å². The van der Waals surface area contributed by atoms with Crippen LogP contribution in [0.2, 0.25) is 0 Å². The highest BCUT2D eigenvalue weighted by molar-refractivity contribution is 5.87. The normalized spacial score (nSPS) is 18.9. The first-order chi connectivity index (χ1) is 8.18. The molecule has 0 atom stereocenters. The van der Waals surface area contributed by atoms with Crippen molar-refractivity contribution >= 4 is 5.97 Å². The second-order valence-electron chi connectivity index (χ2n) is 4.65. The number of carboxylic acid groups (broad SMARTS) is 1. The highest BCUT2D eigenvalue weighted by atomic mass is 16.5. The van der Waals surface area contributed by atoms with Crippen LogP contribution in [0.15, 0.2) is 24.3 Å². The lowest BCUT2D eigenvalue weighted by molar-refractivity contribution is -0.0445. The highest BCUT2D eigenvalue weighted by Gasteiger charge is 2.33. The predicted octanol–water partition coefficient (Wildman–Crippen LogP) is 3.19. The molecule has 0 unspecified atom stereocenters. The summed E-state index contributed by atoms with van der Waals surface area (Å²) in [6.07, 6.45) is 5.49. The van der Waals surface area contributed by atoms with E-state index in [1.807, 2.05) is 6.07 Å². The maximum atomic E-state index is 11.0. The van der Waals surface area contributed by atoms with Crippen LogP contribution in [0.25, 0.3) is 0 Å². The van der Waals surface area contributed by atoms with Gasteiger partial charge in [0.2, 0.25) is 0 Å². The maximum Gasteiger partial charge on any atom is 0.335 e. The molecule has 0 aliphatic heterocycles. The predicted molar refractivity (Wildman–Crippen MR) is 65.2 cm³/mol. The van der Waals surface area contributed by atoms with Crippen LogP contribution in [0.5, 0.6) is 0 Å². The second kappa shape index (κ2) is 4.88. The number of hydrogen-bond donors (Lipinski definition) is 1. The first kappa shape index (κ1) is 12.1. The van der Waals surface area contributed by atoms with Gasteiger partial charge in [0.1, 0.15) is 0 Å². The van der Waals surface area contributed by atoms with Crippen molar-refractivity contribution < 1.29 is 14.6 Å². The standard InChI is InChI=1S/C14H18O3/c1-17-14(8-3-2-4-9-14)12-7-5-6-11(10-12)13(15)16/h5-7,10H,2-4,8-9H2,1H3,(H,15,16). The molecule has 3 nitrogen and oxygen atoms in total. The molecule has 0 heterocycles. The molecule has 2 rings (SSSR count). The minimum atomic E-state index is -0.881. The molecule has 1 aliphatic carbocycles. The zero-order valence-electron chi connectivity index (χ0n) is 10.1. The Morgan fingerprint density at radius 3 is 2.59 bits per heavy atom. The van der Waals surface area contributed by atoms with Gasteiger partial charge in [-0.05, 0) is 30.5 Å². The zero-order chi connectivity index (χ0) is 12.3. The van der Waals surface area contributed by atoms with E-state index in [2.05, 4.69) is 0 Å². The number of ether oxygens (including phenoxy) is 1. The molecule has 17 heavy (non-hydrogen) atoms. The Balaban J connectivity index is 2.36. The first-order valence-electron chi connectivity index (χ1n) is 6.07. The van der Waals surface area contributed by atoms with Gasteiger partial charge < -0.3 is 9.84 Å². The number of methoxy groups -OCH3 is 1. The van der Waals surface area contributed by atoms with E-state index in [-0.39, 0.29) is 5.60 Å². The Hall–Kier alpha value is -1.35. The van der Waals surface area contributed by atoms with Crippen LogP contribution in [0.1, 0.15) is 48.0 Å². The SMILES string of the molecule is COC1(c2cccc(C(=O)O)c2)CCCCC1. The Bertz CT molecular complexity index is 406. The van der Waals surface area contributed by atoms with E-state index < -0.39 is 5.97 Å². The summed E-state index contributed by atoms with van der Waals surface area (Å²) in [5.74, 6) is -0.881. The van der Waals surface area contributed by atoms with Crippen LogP contribution in [0, 0.1) is 0 Å². The van der Waals surface area contributed by atoms with Crippen molar-refractivity contribution in [1.29, 1.82) is 0 Å². The smallest absolute Gasteiger partial charge is 0.335 e. The molecule has 1 fully saturated rings. The minimum absolute atomic E-state index is 0.274. The Labute approximate surface area is 101 Å². The number of carbonyl (C=O) groups is 1. The Kier molecular flexibility index (Phi) is 3.48. The van der Waals surface area contributed by atoms with E-state index in [0.717, 1.165) is 31.2 Å². The van der Waals surface area contributed by atoms with Gasteiger partial charge in [0.25, 0.3) is 0 Å². The zero-order valence-corrected chi connectivity index (χ0v) is 10.1. The third kappa shape index (κ3) is 2.34. The third-order valence-electron chi connectivity index (χ3n) is 3.69. The molecule has 0 bridgehead atoms. The third-order valence-corrected chi connectivity index (χ3v) is 3.69. The number of hydrogen-bond acceptors (Lipinski definition) is 2. The number of carboxylic acids is 1. The van der Waals surface area contributed by atoms with Gasteiger partial charge in [-0.3, -0.25) is 0 Å². The van der Waals surface area contributed by atoms with E-state index in [1.54, 1.807) is 25.3 Å². The van der Waals surface area contributed by atoms with Crippen LogP contribution in [-0.2, 0) is 10.3 Å². The fraction of sp³-hybridized carbons (Fsp3) is 0.500. The van der Waals surface area contributed by atoms with Gasteiger partial charge in [0, 0.05) is 7.11 Å². The van der Waals surface area contributed by atoms with Crippen LogP contribution in [-0.4, -0.2) is 18.2 Å². The first-order valence-corrected chi connectivity index (χ1v) is 6.07. The van der Waals surface area contributed by atoms with E-state index in [4.69, 9.17) is 9.84 Å². The second-order valence-corrected chi connectivity index (χ2v) is 4.65. The van der Waals surface area contributed by atoms with Crippen molar-refractivity contribution in [2.75, 3.05) is 7.11 Å². The summed E-state index contributed by atoms with van der Waals surface area (Å²) in [7, 11) is 1.72. The molecule has 1 aromatic carbocycles. The summed E-state index contributed by atoms with van der Waals surface area (Å²) in [5, 5.41) is 9.02. The lowest BCUT2D eigenvalue weighted by Crippen LogP contribution is -2.31. The summed E-state index contributed by atoms with van der Waals surface area (Å²) < 4.78 is 5.71. The molecule has 0 spiro atoms. The van der Waals surface area contributed by atoms with Crippen LogP contribution in [0.4, 0.5) is 0 Å². The molecule has 1 saturated carbocycles. The monoisotopic (exact) mass is 234 g/mol. The van der Waals surface area contributed by atoms with Crippen LogP contribution >= 0.6 is 0 Å². The molecule has 92 valence electrons. The maximum absolute atomic E-state index is 11.0. The number of rotatable bonds is 3. The summed E-state index contributed by atoms with van der Waals surface area (Å²) in [4.78, 5) is 11.0. The lowest BCUT2D eigenvalue weighted by atomic mass is 9.79. The average Bonchev–Trinajstić information content (AvgIpc) is 2.39. The van der Waals surface area contributed by atoms with Crippen molar-refractivity contribution in [3.05, 3.63) is 35.4 Å². The molecule has 0 saturated heterocycles. The van der Waals surface area contributed by atoms with E-state index in [1.165, 1.54) is 6.42 Å². The van der Waals surface area contributed by atoms with Gasteiger partial charge in [0.05, 0.1) is 11.2 Å². The number of benzene rings is 1. The summed E-state index contributed by atoms with van der Waals surface area (Å²) in [6, 6.07) is 7.14. The largest absolute Gasteiger partial charge is 0.478 e. The van der Waals surface area contributed by atoms with Crippen molar-refractivity contribution in [2.24, 2.45) is 0 Å². The van der Waals surface area contributed by atoms with E-state index >= 15 is 0 Å². The lowest BCUT2D eigenvalue weighted by Gasteiger charge is -2.36. The summed E-state index contributed by atoms with van der Waals surface area (Å²) in [6.45, 7) is 0. The Morgan fingerprint density at radius 1 is 1.29 bits per heavy atom. The highest BCUT2D eigenvalue weighted by Crippen LogP contribution is 2.40. The summed E-state index contributed by atoms with van der Waals surface area (Å²) >= 11 is 0. The van der Waals surface area contributed by atoms with Gasteiger partial charge in [0.15, 0.2) is 0 Å². The van der Waals surface area contributed by atoms with Crippen molar-refractivity contribution in [3.63, 3.8) is 0 Å². The Morgan fingerprint density at radius 2 is 2.00 bits per heavy atom. The molecule has 0 radical (unpaired) electrons. The van der Waals surface area contributed by atoms with Gasteiger partial charge in [-0.25, -0.2) is 4.79 Å². The molecule has 1 N–H and O–H groups in total. The van der Waals surface area contributed by atoms with Crippen LogP contribution in [0.3, 0.4) is 0 Å². The molecule has 0 aromatic heterocycles. The van der Waals surface area contributed by atoms with Gasteiger partial charge in [-0.2, -0.15) is 0 Å². The fourth-order valence-electron chi connectivity index (χ4n) is 2.67. The fourth-order valence-corrected chi connectivity index (χ4v) is 2.67. The van der Waals surface area contributed by atoms with Crippen molar-refractivity contribution in [2.45, 2.75) is 37.7 Å². The van der Waals surface area contributed by atoms with Gasteiger partial charge in [-0.15, -0.1) is 0 Å².